The first-order valence-corrected chi connectivity index (χ1v) is 10.4. The Hall–Kier alpha value is -3.55. The first-order valence-electron chi connectivity index (χ1n) is 10.4. The summed E-state index contributed by atoms with van der Waals surface area (Å²) >= 11 is 0. The van der Waals surface area contributed by atoms with Gasteiger partial charge in [0.2, 0.25) is 0 Å². The second-order valence-electron chi connectivity index (χ2n) is 7.44. The van der Waals surface area contributed by atoms with Crippen LogP contribution in [0, 0.1) is 5.92 Å². The van der Waals surface area contributed by atoms with Crippen LogP contribution in [0.4, 0.5) is 10.5 Å². The monoisotopic (exact) mass is 424 g/mol. The van der Waals surface area contributed by atoms with Gasteiger partial charge in [-0.1, -0.05) is 42.5 Å². The molecule has 8 nitrogen and oxygen atoms in total. The molecule has 1 heterocycles. The number of nitrogens with zero attached hydrogens (tertiary/aromatic N) is 1. The van der Waals surface area contributed by atoms with Crippen LogP contribution in [0.1, 0.15) is 18.4 Å². The fourth-order valence-electron chi connectivity index (χ4n) is 3.46. The van der Waals surface area contributed by atoms with Crippen molar-refractivity contribution in [2.45, 2.75) is 19.4 Å². The van der Waals surface area contributed by atoms with Gasteiger partial charge in [-0.25, -0.2) is 4.79 Å². The van der Waals surface area contributed by atoms with Crippen LogP contribution < -0.4 is 20.7 Å². The lowest BCUT2D eigenvalue weighted by Crippen LogP contribution is -2.45. The molecule has 1 fully saturated rings. The predicted octanol–water partition coefficient (Wildman–Crippen LogP) is 2.37. The highest BCUT2D eigenvalue weighted by molar-refractivity contribution is 6.35. The largest absolute Gasteiger partial charge is 0.495 e. The zero-order chi connectivity index (χ0) is 22.1. The maximum Gasteiger partial charge on any atom is 0.321 e. The molecule has 0 saturated carbocycles. The number of nitrogens with one attached hydrogen (secondary N) is 3. The molecular weight excluding hydrogens is 396 g/mol. The Bertz CT molecular complexity index is 895. The van der Waals surface area contributed by atoms with Gasteiger partial charge < -0.3 is 25.6 Å². The van der Waals surface area contributed by atoms with E-state index < -0.39 is 11.8 Å². The van der Waals surface area contributed by atoms with E-state index in [0.29, 0.717) is 37.6 Å². The van der Waals surface area contributed by atoms with E-state index in [1.807, 2.05) is 42.5 Å². The van der Waals surface area contributed by atoms with E-state index >= 15 is 0 Å². The highest BCUT2D eigenvalue weighted by Gasteiger charge is 2.24. The number of urea groups is 1. The zero-order valence-corrected chi connectivity index (χ0v) is 17.6. The molecule has 0 aliphatic carbocycles. The summed E-state index contributed by atoms with van der Waals surface area (Å²) in [4.78, 5) is 38.3. The summed E-state index contributed by atoms with van der Waals surface area (Å²) in [7, 11) is 1.56. The molecule has 0 bridgehead atoms. The molecule has 0 radical (unpaired) electrons. The van der Waals surface area contributed by atoms with E-state index in [-0.39, 0.29) is 11.9 Å². The highest BCUT2D eigenvalue weighted by atomic mass is 16.5. The second kappa shape index (κ2) is 11.0. The number of carbonyl (C=O) groups is 3. The lowest BCUT2D eigenvalue weighted by atomic mass is 9.97. The van der Waals surface area contributed by atoms with Crippen LogP contribution in [0.25, 0.3) is 0 Å². The number of amides is 4. The summed E-state index contributed by atoms with van der Waals surface area (Å²) in [6, 6.07) is 16.5. The van der Waals surface area contributed by atoms with E-state index in [9.17, 15) is 14.4 Å². The molecule has 164 valence electrons. The van der Waals surface area contributed by atoms with Crippen LogP contribution in [0.3, 0.4) is 0 Å². The van der Waals surface area contributed by atoms with Crippen molar-refractivity contribution in [1.29, 1.82) is 0 Å². The Kier molecular flexibility index (Phi) is 7.86. The number of para-hydroxylation sites is 2. The minimum atomic E-state index is -0.641. The van der Waals surface area contributed by atoms with Gasteiger partial charge in [-0.2, -0.15) is 0 Å². The van der Waals surface area contributed by atoms with Gasteiger partial charge in [-0.3, -0.25) is 9.59 Å². The molecule has 3 rings (SSSR count). The molecule has 31 heavy (non-hydrogen) atoms. The molecule has 8 heteroatoms. The van der Waals surface area contributed by atoms with Gasteiger partial charge in [0.1, 0.15) is 5.75 Å². The molecule has 2 aromatic carbocycles. The first kappa shape index (κ1) is 22.1. The van der Waals surface area contributed by atoms with Crippen molar-refractivity contribution in [3.05, 3.63) is 60.2 Å². The fraction of sp³-hybridized carbons (Fsp3) is 0.348. The third-order valence-electron chi connectivity index (χ3n) is 5.30. The van der Waals surface area contributed by atoms with Crippen LogP contribution in [0.15, 0.2) is 54.6 Å². The van der Waals surface area contributed by atoms with Gasteiger partial charge in [0.25, 0.3) is 0 Å². The molecule has 0 spiro atoms. The summed E-state index contributed by atoms with van der Waals surface area (Å²) in [5, 5.41) is 8.20. The van der Waals surface area contributed by atoms with Crippen molar-refractivity contribution in [3.8, 4) is 5.75 Å². The zero-order valence-electron chi connectivity index (χ0n) is 17.6. The fourth-order valence-corrected chi connectivity index (χ4v) is 3.46. The van der Waals surface area contributed by atoms with Gasteiger partial charge in [0, 0.05) is 26.2 Å². The van der Waals surface area contributed by atoms with Crippen LogP contribution >= 0.6 is 0 Å². The normalized spacial score (nSPS) is 13.9. The van der Waals surface area contributed by atoms with E-state index in [0.717, 1.165) is 18.4 Å². The van der Waals surface area contributed by atoms with Gasteiger partial charge in [-0.05, 0) is 36.5 Å². The van der Waals surface area contributed by atoms with E-state index in [1.165, 1.54) is 0 Å². The number of likely N-dealkylation sites (tertiary alicyclic amines) is 1. The highest BCUT2D eigenvalue weighted by Crippen LogP contribution is 2.24. The molecule has 0 unspecified atom stereocenters. The SMILES string of the molecule is COc1ccccc1NC(=O)N1CCC(CNC(=O)C(=O)NCc2ccccc2)CC1. The van der Waals surface area contributed by atoms with Crippen LogP contribution in [-0.4, -0.2) is 49.5 Å². The summed E-state index contributed by atoms with van der Waals surface area (Å²) in [6.45, 7) is 1.90. The minimum Gasteiger partial charge on any atom is -0.495 e. The quantitative estimate of drug-likeness (QED) is 0.620. The van der Waals surface area contributed by atoms with E-state index in [1.54, 1.807) is 24.1 Å². The Morgan fingerprint density at radius 2 is 1.58 bits per heavy atom. The summed E-state index contributed by atoms with van der Waals surface area (Å²) in [6.07, 6.45) is 1.51. The Labute approximate surface area is 182 Å². The number of benzene rings is 2. The third-order valence-corrected chi connectivity index (χ3v) is 5.30. The second-order valence-corrected chi connectivity index (χ2v) is 7.44. The topological polar surface area (TPSA) is 99.8 Å². The van der Waals surface area contributed by atoms with E-state index in [4.69, 9.17) is 4.74 Å². The minimum absolute atomic E-state index is 0.174. The Morgan fingerprint density at radius 3 is 2.29 bits per heavy atom. The van der Waals surface area contributed by atoms with Crippen LogP contribution in [0.2, 0.25) is 0 Å². The average molecular weight is 425 g/mol. The van der Waals surface area contributed by atoms with Crippen molar-refractivity contribution in [2.75, 3.05) is 32.1 Å². The summed E-state index contributed by atoms with van der Waals surface area (Å²) < 4.78 is 5.26. The van der Waals surface area contributed by atoms with Gasteiger partial charge >= 0.3 is 17.8 Å². The average Bonchev–Trinajstić information content (AvgIpc) is 2.82. The molecular formula is C23H28N4O4. The molecule has 0 atom stereocenters. The molecule has 3 N–H and O–H groups in total. The maximum atomic E-state index is 12.5. The molecule has 2 aromatic rings. The van der Waals surface area contributed by atoms with Crippen molar-refractivity contribution in [1.82, 2.24) is 15.5 Å². The molecule has 1 saturated heterocycles. The first-order chi connectivity index (χ1) is 15.1. The number of methoxy groups -OCH3 is 1. The molecule has 0 aromatic heterocycles. The number of rotatable bonds is 6. The van der Waals surface area contributed by atoms with Crippen molar-refractivity contribution >= 4 is 23.5 Å². The van der Waals surface area contributed by atoms with Gasteiger partial charge in [-0.15, -0.1) is 0 Å². The number of piperidine rings is 1. The molecule has 4 amide bonds. The van der Waals surface area contributed by atoms with Crippen molar-refractivity contribution in [3.63, 3.8) is 0 Å². The van der Waals surface area contributed by atoms with Crippen molar-refractivity contribution < 1.29 is 19.1 Å². The smallest absolute Gasteiger partial charge is 0.321 e. The summed E-state index contributed by atoms with van der Waals surface area (Å²) in [5.41, 5.74) is 1.56. The van der Waals surface area contributed by atoms with Gasteiger partial charge in [0.15, 0.2) is 0 Å². The van der Waals surface area contributed by atoms with Crippen LogP contribution in [-0.2, 0) is 16.1 Å². The van der Waals surface area contributed by atoms with Gasteiger partial charge in [0.05, 0.1) is 12.8 Å². The number of hydrogen-bond donors (Lipinski definition) is 3. The van der Waals surface area contributed by atoms with Crippen LogP contribution in [0.5, 0.6) is 5.75 Å². The third kappa shape index (κ3) is 6.47. The summed E-state index contributed by atoms with van der Waals surface area (Å²) in [5.74, 6) is -0.440. The molecule has 1 aliphatic heterocycles. The van der Waals surface area contributed by atoms with E-state index in [2.05, 4.69) is 16.0 Å². The predicted molar refractivity (Wildman–Crippen MR) is 118 cm³/mol. The number of ether oxygens (including phenoxy) is 1. The Morgan fingerprint density at radius 1 is 0.935 bits per heavy atom. The molecule has 1 aliphatic rings. The maximum absolute atomic E-state index is 12.5. The standard InChI is InChI=1S/C23H28N4O4/c1-31-20-10-6-5-9-19(20)26-23(30)27-13-11-18(12-14-27)16-25-22(29)21(28)24-15-17-7-3-2-4-8-17/h2-10,18H,11-16H2,1H3,(H,24,28)(H,25,29)(H,26,30). The lowest BCUT2D eigenvalue weighted by molar-refractivity contribution is -0.139. The van der Waals surface area contributed by atoms with Crippen molar-refractivity contribution in [2.24, 2.45) is 5.92 Å². The number of hydrogen-bond acceptors (Lipinski definition) is 4. The number of anilines is 1. The lowest BCUT2D eigenvalue weighted by Gasteiger charge is -2.32. The number of carbonyl (C=O) groups excluding carboxylic acids is 3. The Balaban J connectivity index is 1.37.